The number of hydrogen-bond acceptors (Lipinski definition) is 5. The summed E-state index contributed by atoms with van der Waals surface area (Å²) in [4.78, 5) is 25.8. The van der Waals surface area contributed by atoms with Crippen LogP contribution in [0, 0.1) is 5.92 Å². The van der Waals surface area contributed by atoms with Gasteiger partial charge in [0.25, 0.3) is 0 Å². The summed E-state index contributed by atoms with van der Waals surface area (Å²) in [5.74, 6) is -1.81. The van der Waals surface area contributed by atoms with Crippen molar-refractivity contribution >= 4 is 11.9 Å². The molecule has 1 aliphatic rings. The van der Waals surface area contributed by atoms with E-state index in [9.17, 15) is 9.59 Å². The second kappa shape index (κ2) is 8.95. The van der Waals surface area contributed by atoms with Gasteiger partial charge in [0.2, 0.25) is 0 Å². The number of esters is 2. The normalized spacial score (nSPS) is 23.7. The van der Waals surface area contributed by atoms with E-state index >= 15 is 0 Å². The van der Waals surface area contributed by atoms with E-state index in [1.54, 1.807) is 20.1 Å². The van der Waals surface area contributed by atoms with Gasteiger partial charge in [-0.25, -0.2) is 0 Å². The van der Waals surface area contributed by atoms with Crippen LogP contribution >= 0.6 is 0 Å². The number of hydrogen-bond donors (Lipinski definition) is 0. The van der Waals surface area contributed by atoms with E-state index in [-0.39, 0.29) is 12.5 Å². The second-order valence-corrected chi connectivity index (χ2v) is 7.09. The van der Waals surface area contributed by atoms with Gasteiger partial charge < -0.3 is 14.2 Å². The van der Waals surface area contributed by atoms with Crippen molar-refractivity contribution in [2.75, 3.05) is 13.7 Å². The van der Waals surface area contributed by atoms with Gasteiger partial charge >= 0.3 is 11.9 Å². The maximum absolute atomic E-state index is 13.1. The van der Waals surface area contributed by atoms with Gasteiger partial charge in [-0.05, 0) is 30.2 Å². The van der Waals surface area contributed by atoms with Crippen LogP contribution in [0.25, 0.3) is 0 Å². The van der Waals surface area contributed by atoms with Gasteiger partial charge in [-0.1, -0.05) is 48.5 Å². The molecule has 0 aromatic heterocycles. The van der Waals surface area contributed by atoms with Crippen LogP contribution in [-0.4, -0.2) is 25.7 Å². The lowest BCUT2D eigenvalue weighted by atomic mass is 9.72. The summed E-state index contributed by atoms with van der Waals surface area (Å²) in [6.07, 6.45) is 2.64. The van der Waals surface area contributed by atoms with E-state index in [1.807, 2.05) is 54.6 Å². The summed E-state index contributed by atoms with van der Waals surface area (Å²) in [6.45, 7) is 5.78. The summed E-state index contributed by atoms with van der Waals surface area (Å²) in [7, 11) is 1.60. The Morgan fingerprint density at radius 3 is 2.48 bits per heavy atom. The lowest BCUT2D eigenvalue weighted by molar-refractivity contribution is -0.186. The molecule has 3 rings (SSSR count). The van der Waals surface area contributed by atoms with Gasteiger partial charge in [0, 0.05) is 18.8 Å². The molecule has 3 atom stereocenters. The number of cyclic esters (lactones) is 1. The average molecular weight is 394 g/mol. The SMILES string of the molecule is C=CC[C@@]1(c2ccccc2)C[C@H](c2ccc(OC)cc2)[C@@H](C(=O)OCC)C(=O)O1. The summed E-state index contributed by atoms with van der Waals surface area (Å²) >= 11 is 0. The van der Waals surface area contributed by atoms with Crippen LogP contribution in [0.1, 0.15) is 36.8 Å². The average Bonchev–Trinajstić information content (AvgIpc) is 2.74. The highest BCUT2D eigenvalue weighted by Gasteiger charge is 2.51. The molecule has 1 aliphatic heterocycles. The lowest BCUT2D eigenvalue weighted by Gasteiger charge is -2.43. The van der Waals surface area contributed by atoms with Crippen LogP contribution in [0.4, 0.5) is 0 Å². The Balaban J connectivity index is 2.07. The molecule has 1 saturated heterocycles. The minimum Gasteiger partial charge on any atom is -0.497 e. The summed E-state index contributed by atoms with van der Waals surface area (Å²) in [5.41, 5.74) is 0.868. The highest BCUT2D eigenvalue weighted by molar-refractivity contribution is 5.97. The molecule has 5 nitrogen and oxygen atoms in total. The first kappa shape index (κ1) is 20.6. The zero-order chi connectivity index (χ0) is 20.9. The van der Waals surface area contributed by atoms with Gasteiger partial charge in [-0.3, -0.25) is 9.59 Å². The summed E-state index contributed by atoms with van der Waals surface area (Å²) in [5, 5.41) is 0. The van der Waals surface area contributed by atoms with E-state index in [2.05, 4.69) is 6.58 Å². The zero-order valence-corrected chi connectivity index (χ0v) is 16.8. The van der Waals surface area contributed by atoms with Gasteiger partial charge in [0.1, 0.15) is 11.4 Å². The number of carbonyl (C=O) groups excluding carboxylic acids is 2. The molecule has 0 radical (unpaired) electrons. The van der Waals surface area contributed by atoms with Crippen LogP contribution in [0.15, 0.2) is 67.3 Å². The molecule has 1 fully saturated rings. The molecular formula is C24H26O5. The van der Waals surface area contributed by atoms with E-state index in [0.29, 0.717) is 18.6 Å². The highest BCUT2D eigenvalue weighted by Crippen LogP contribution is 2.48. The topological polar surface area (TPSA) is 61.8 Å². The molecule has 2 aromatic carbocycles. The van der Waals surface area contributed by atoms with Crippen molar-refractivity contribution in [3.63, 3.8) is 0 Å². The Labute approximate surface area is 171 Å². The third-order valence-electron chi connectivity index (χ3n) is 5.36. The highest BCUT2D eigenvalue weighted by atomic mass is 16.6. The number of benzene rings is 2. The van der Waals surface area contributed by atoms with Crippen molar-refractivity contribution in [2.45, 2.75) is 31.3 Å². The molecule has 0 N–H and O–H groups in total. The Hall–Kier alpha value is -3.08. The molecular weight excluding hydrogens is 368 g/mol. The van der Waals surface area contributed by atoms with Crippen LogP contribution in [0.5, 0.6) is 5.75 Å². The third kappa shape index (κ3) is 4.19. The molecule has 0 spiro atoms. The van der Waals surface area contributed by atoms with Gasteiger partial charge in [0.05, 0.1) is 13.7 Å². The number of methoxy groups -OCH3 is 1. The van der Waals surface area contributed by atoms with Crippen molar-refractivity contribution in [1.29, 1.82) is 0 Å². The van der Waals surface area contributed by atoms with Crippen molar-refractivity contribution in [2.24, 2.45) is 5.92 Å². The van der Waals surface area contributed by atoms with Crippen molar-refractivity contribution in [3.8, 4) is 5.75 Å². The number of rotatable bonds is 7. The first-order chi connectivity index (χ1) is 14.0. The van der Waals surface area contributed by atoms with E-state index in [0.717, 1.165) is 11.1 Å². The van der Waals surface area contributed by atoms with Crippen LogP contribution in [0.3, 0.4) is 0 Å². The maximum atomic E-state index is 13.1. The van der Waals surface area contributed by atoms with E-state index in [4.69, 9.17) is 14.2 Å². The van der Waals surface area contributed by atoms with Crippen molar-refractivity contribution in [1.82, 2.24) is 0 Å². The molecule has 0 aliphatic carbocycles. The Morgan fingerprint density at radius 1 is 1.21 bits per heavy atom. The molecule has 1 heterocycles. The smallest absolute Gasteiger partial charge is 0.321 e. The second-order valence-electron chi connectivity index (χ2n) is 7.09. The fourth-order valence-electron chi connectivity index (χ4n) is 3.98. The fraction of sp³-hybridized carbons (Fsp3) is 0.333. The van der Waals surface area contributed by atoms with Crippen molar-refractivity contribution in [3.05, 3.63) is 78.4 Å². The minimum atomic E-state index is -1.01. The predicted octanol–water partition coefficient (Wildman–Crippen LogP) is 4.38. The Morgan fingerprint density at radius 2 is 1.90 bits per heavy atom. The molecule has 5 heteroatoms. The first-order valence-corrected chi connectivity index (χ1v) is 9.74. The molecule has 2 aromatic rings. The van der Waals surface area contributed by atoms with Gasteiger partial charge in [-0.2, -0.15) is 0 Å². The molecule has 29 heavy (non-hydrogen) atoms. The zero-order valence-electron chi connectivity index (χ0n) is 16.8. The first-order valence-electron chi connectivity index (χ1n) is 9.74. The standard InChI is InChI=1S/C24H26O5/c1-4-15-24(18-9-7-6-8-10-18)16-20(17-11-13-19(27-3)14-12-17)21(23(26)29-24)22(25)28-5-2/h4,6-14,20-21H,1,5,15-16H2,2-3H3/t20-,21+,24+/m1/s1. The van der Waals surface area contributed by atoms with Crippen LogP contribution in [0.2, 0.25) is 0 Å². The van der Waals surface area contributed by atoms with Gasteiger partial charge in [0.15, 0.2) is 5.92 Å². The number of ether oxygens (including phenoxy) is 3. The quantitative estimate of drug-likeness (QED) is 0.396. The monoisotopic (exact) mass is 394 g/mol. The molecule has 0 unspecified atom stereocenters. The van der Waals surface area contributed by atoms with E-state index in [1.165, 1.54) is 0 Å². The van der Waals surface area contributed by atoms with E-state index < -0.39 is 23.5 Å². The maximum Gasteiger partial charge on any atom is 0.321 e. The van der Waals surface area contributed by atoms with Crippen LogP contribution < -0.4 is 4.74 Å². The summed E-state index contributed by atoms with van der Waals surface area (Å²) < 4.78 is 16.4. The molecule has 0 bridgehead atoms. The third-order valence-corrected chi connectivity index (χ3v) is 5.36. The molecule has 0 saturated carbocycles. The fourth-order valence-corrected chi connectivity index (χ4v) is 3.98. The molecule has 0 amide bonds. The Kier molecular flexibility index (Phi) is 6.37. The predicted molar refractivity (Wildman–Crippen MR) is 110 cm³/mol. The molecule has 152 valence electrons. The largest absolute Gasteiger partial charge is 0.497 e. The van der Waals surface area contributed by atoms with Crippen LogP contribution in [-0.2, 0) is 24.7 Å². The lowest BCUT2D eigenvalue weighted by Crippen LogP contribution is -2.47. The number of carbonyl (C=O) groups is 2. The Bertz CT molecular complexity index is 859. The summed E-state index contributed by atoms with van der Waals surface area (Å²) in [6, 6.07) is 17.0. The minimum absolute atomic E-state index is 0.203. The van der Waals surface area contributed by atoms with Gasteiger partial charge in [-0.15, -0.1) is 6.58 Å². The van der Waals surface area contributed by atoms with Crippen molar-refractivity contribution < 1.29 is 23.8 Å².